The first-order valence-electron chi connectivity index (χ1n) is 10.5. The summed E-state index contributed by atoms with van der Waals surface area (Å²) in [5.74, 6) is -1.66. The summed E-state index contributed by atoms with van der Waals surface area (Å²) in [4.78, 5) is 38.2. The molecule has 2 aromatic rings. The fourth-order valence-corrected chi connectivity index (χ4v) is 3.68. The summed E-state index contributed by atoms with van der Waals surface area (Å²) in [6, 6.07) is 5.10. The standard InChI is InChI=1S/C23H24F3N3O4/c1-2-11-27-21(31)18-13-29(16-5-3-4-6-16)14-19(20(18)30)22(32)28-12-15-7-9-17(10-8-15)33-23(24,25)26/h2,7-10,13-14,16H,1,3-6,11-12H2,(H,27,31)(H,28,32). The van der Waals surface area contributed by atoms with Gasteiger partial charge in [-0.25, -0.2) is 0 Å². The average Bonchev–Trinajstić information content (AvgIpc) is 3.31. The van der Waals surface area contributed by atoms with E-state index in [1.54, 1.807) is 4.57 Å². The Bertz CT molecular complexity index is 1070. The zero-order valence-electron chi connectivity index (χ0n) is 17.8. The van der Waals surface area contributed by atoms with Crippen LogP contribution in [0.25, 0.3) is 0 Å². The SMILES string of the molecule is C=CCNC(=O)c1cn(C2CCCC2)cc(C(=O)NCc2ccc(OC(F)(F)F)cc2)c1=O. The van der Waals surface area contributed by atoms with E-state index < -0.39 is 23.6 Å². The van der Waals surface area contributed by atoms with E-state index in [1.807, 2.05) is 0 Å². The monoisotopic (exact) mass is 463 g/mol. The topological polar surface area (TPSA) is 89.4 Å². The van der Waals surface area contributed by atoms with Gasteiger partial charge >= 0.3 is 6.36 Å². The number of alkyl halides is 3. The lowest BCUT2D eigenvalue weighted by Gasteiger charge is -2.17. The molecule has 0 radical (unpaired) electrons. The molecular formula is C23H24F3N3O4. The molecule has 1 aliphatic carbocycles. The second-order valence-corrected chi connectivity index (χ2v) is 7.67. The lowest BCUT2D eigenvalue weighted by Crippen LogP contribution is -2.35. The molecule has 3 rings (SSSR count). The van der Waals surface area contributed by atoms with Crippen molar-refractivity contribution in [1.82, 2.24) is 15.2 Å². The Labute approximate surface area is 188 Å². The van der Waals surface area contributed by atoms with Gasteiger partial charge in [0.15, 0.2) is 0 Å². The number of aromatic nitrogens is 1. The third kappa shape index (κ3) is 6.47. The Hall–Kier alpha value is -3.56. The molecule has 1 aliphatic rings. The fraction of sp³-hybridized carbons (Fsp3) is 0.348. The summed E-state index contributed by atoms with van der Waals surface area (Å²) in [5, 5.41) is 5.15. The van der Waals surface area contributed by atoms with Crippen molar-refractivity contribution in [3.8, 4) is 5.75 Å². The van der Waals surface area contributed by atoms with Crippen molar-refractivity contribution in [2.24, 2.45) is 0 Å². The Morgan fingerprint density at radius 2 is 1.64 bits per heavy atom. The highest BCUT2D eigenvalue weighted by Gasteiger charge is 2.31. The minimum absolute atomic E-state index is 0.0269. The van der Waals surface area contributed by atoms with Crippen molar-refractivity contribution < 1.29 is 27.5 Å². The first-order chi connectivity index (χ1) is 15.7. The molecule has 0 spiro atoms. The van der Waals surface area contributed by atoms with Crippen molar-refractivity contribution in [1.29, 1.82) is 0 Å². The molecule has 176 valence electrons. The van der Waals surface area contributed by atoms with E-state index in [9.17, 15) is 27.6 Å². The average molecular weight is 463 g/mol. The maximum Gasteiger partial charge on any atom is 0.573 e. The predicted octanol–water partition coefficient (Wildman–Crippen LogP) is 3.71. The Balaban J connectivity index is 1.79. The number of carbonyl (C=O) groups excluding carboxylic acids is 2. The number of carbonyl (C=O) groups is 2. The van der Waals surface area contributed by atoms with Crippen LogP contribution in [0.5, 0.6) is 5.75 Å². The number of benzene rings is 1. The van der Waals surface area contributed by atoms with Crippen molar-refractivity contribution in [2.75, 3.05) is 6.54 Å². The summed E-state index contributed by atoms with van der Waals surface area (Å²) in [7, 11) is 0. The fourth-order valence-electron chi connectivity index (χ4n) is 3.68. The van der Waals surface area contributed by atoms with Crippen molar-refractivity contribution in [3.63, 3.8) is 0 Å². The number of hydrogen-bond donors (Lipinski definition) is 2. The van der Waals surface area contributed by atoms with E-state index in [0.29, 0.717) is 5.56 Å². The van der Waals surface area contributed by atoms with Crippen molar-refractivity contribution in [2.45, 2.75) is 44.6 Å². The van der Waals surface area contributed by atoms with Gasteiger partial charge in [0.1, 0.15) is 16.9 Å². The highest BCUT2D eigenvalue weighted by Crippen LogP contribution is 2.29. The Morgan fingerprint density at radius 1 is 1.06 bits per heavy atom. The number of pyridine rings is 1. The second-order valence-electron chi connectivity index (χ2n) is 7.67. The molecule has 7 nitrogen and oxygen atoms in total. The Kier molecular flexibility index (Phi) is 7.57. The van der Waals surface area contributed by atoms with Gasteiger partial charge in [-0.15, -0.1) is 19.8 Å². The molecule has 2 N–H and O–H groups in total. The second kappa shape index (κ2) is 10.4. The number of nitrogens with one attached hydrogen (secondary N) is 2. The minimum Gasteiger partial charge on any atom is -0.406 e. The van der Waals surface area contributed by atoms with Gasteiger partial charge in [0.2, 0.25) is 5.43 Å². The third-order valence-electron chi connectivity index (χ3n) is 5.30. The number of nitrogens with zero attached hydrogens (tertiary/aromatic N) is 1. The van der Waals surface area contributed by atoms with E-state index in [1.165, 1.54) is 30.6 Å². The first-order valence-corrected chi connectivity index (χ1v) is 10.5. The molecule has 1 heterocycles. The molecule has 1 aromatic carbocycles. The van der Waals surface area contributed by atoms with Crippen LogP contribution >= 0.6 is 0 Å². The summed E-state index contributed by atoms with van der Waals surface area (Å²) < 4.78 is 42.4. The number of hydrogen-bond acceptors (Lipinski definition) is 4. The van der Waals surface area contributed by atoms with Crippen LogP contribution in [0.15, 0.2) is 54.1 Å². The van der Waals surface area contributed by atoms with E-state index in [0.717, 1.165) is 37.8 Å². The molecule has 1 saturated carbocycles. The molecule has 0 atom stereocenters. The van der Waals surface area contributed by atoms with Crippen molar-refractivity contribution in [3.05, 3.63) is 76.2 Å². The normalized spacial score (nSPS) is 14.0. The lowest BCUT2D eigenvalue weighted by atomic mass is 10.1. The maximum atomic E-state index is 12.9. The molecule has 0 aliphatic heterocycles. The van der Waals surface area contributed by atoms with Crippen LogP contribution in [-0.2, 0) is 6.54 Å². The third-order valence-corrected chi connectivity index (χ3v) is 5.30. The summed E-state index contributed by atoms with van der Waals surface area (Å²) >= 11 is 0. The van der Waals surface area contributed by atoms with Crippen LogP contribution in [0.3, 0.4) is 0 Å². The van der Waals surface area contributed by atoms with E-state index in [2.05, 4.69) is 21.9 Å². The number of halogens is 3. The highest BCUT2D eigenvalue weighted by molar-refractivity contribution is 5.99. The van der Waals surface area contributed by atoms with Crippen LogP contribution in [0.1, 0.15) is 58.0 Å². The van der Waals surface area contributed by atoms with Gasteiger partial charge in [-0.1, -0.05) is 31.1 Å². The van der Waals surface area contributed by atoms with Crippen LogP contribution in [0.4, 0.5) is 13.2 Å². The van der Waals surface area contributed by atoms with Crippen LogP contribution in [0.2, 0.25) is 0 Å². The molecule has 0 bridgehead atoms. The number of rotatable bonds is 8. The number of amides is 2. The van der Waals surface area contributed by atoms with E-state index in [4.69, 9.17) is 0 Å². The predicted molar refractivity (Wildman–Crippen MR) is 115 cm³/mol. The van der Waals surface area contributed by atoms with Crippen molar-refractivity contribution >= 4 is 11.8 Å². The van der Waals surface area contributed by atoms with Gasteiger partial charge in [0.05, 0.1) is 0 Å². The molecular weight excluding hydrogens is 439 g/mol. The minimum atomic E-state index is -4.79. The lowest BCUT2D eigenvalue weighted by molar-refractivity contribution is -0.274. The van der Waals surface area contributed by atoms with Gasteiger partial charge in [-0.2, -0.15) is 0 Å². The van der Waals surface area contributed by atoms with Gasteiger partial charge < -0.3 is 19.9 Å². The summed E-state index contributed by atoms with van der Waals surface area (Å²) in [6.07, 6.45) is 3.42. The zero-order valence-corrected chi connectivity index (χ0v) is 17.8. The van der Waals surface area contributed by atoms with E-state index >= 15 is 0 Å². The molecule has 0 unspecified atom stereocenters. The molecule has 10 heteroatoms. The molecule has 0 saturated heterocycles. The quantitative estimate of drug-likeness (QED) is 0.584. The largest absolute Gasteiger partial charge is 0.573 e. The van der Waals surface area contributed by atoms with Gasteiger partial charge in [-0.3, -0.25) is 14.4 Å². The summed E-state index contributed by atoms with van der Waals surface area (Å²) in [5.41, 5.74) is -0.499. The number of ether oxygens (including phenoxy) is 1. The molecule has 2 amide bonds. The van der Waals surface area contributed by atoms with Crippen LogP contribution in [0, 0.1) is 0 Å². The van der Waals surface area contributed by atoms with Gasteiger partial charge in [-0.05, 0) is 30.5 Å². The first kappa shape index (κ1) is 24.1. The molecule has 1 aromatic heterocycles. The smallest absolute Gasteiger partial charge is 0.406 e. The van der Waals surface area contributed by atoms with Crippen LogP contribution in [-0.4, -0.2) is 29.3 Å². The van der Waals surface area contributed by atoms with Gasteiger partial charge in [0, 0.05) is 31.5 Å². The zero-order chi connectivity index (χ0) is 24.0. The van der Waals surface area contributed by atoms with Gasteiger partial charge in [0.25, 0.3) is 11.8 Å². The molecule has 33 heavy (non-hydrogen) atoms. The highest BCUT2D eigenvalue weighted by atomic mass is 19.4. The molecule has 1 fully saturated rings. The Morgan fingerprint density at radius 3 is 2.18 bits per heavy atom. The van der Waals surface area contributed by atoms with Crippen LogP contribution < -0.4 is 20.8 Å². The van der Waals surface area contributed by atoms with E-state index in [-0.39, 0.29) is 36.0 Å². The summed E-state index contributed by atoms with van der Waals surface area (Å²) in [6.45, 7) is 3.67. The maximum absolute atomic E-state index is 12.9.